The van der Waals surface area contributed by atoms with Gasteiger partial charge in [0.1, 0.15) is 11.6 Å². The molecule has 15 heavy (non-hydrogen) atoms. The highest BCUT2D eigenvalue weighted by Crippen LogP contribution is 2.09. The van der Waals surface area contributed by atoms with Gasteiger partial charge >= 0.3 is 0 Å². The molecule has 0 fully saturated rings. The van der Waals surface area contributed by atoms with Crippen molar-refractivity contribution in [3.8, 4) is 0 Å². The molecular weight excluding hydrogens is 200 g/mol. The van der Waals surface area contributed by atoms with Crippen molar-refractivity contribution < 1.29 is 13.6 Å². The number of benzene rings is 1. The number of hydrogen-bond donors (Lipinski definition) is 1. The highest BCUT2D eigenvalue weighted by atomic mass is 19.1. The van der Waals surface area contributed by atoms with Crippen LogP contribution in [0.2, 0.25) is 0 Å². The van der Waals surface area contributed by atoms with Gasteiger partial charge in [0.2, 0.25) is 5.91 Å². The van der Waals surface area contributed by atoms with Crippen molar-refractivity contribution in [2.45, 2.75) is 26.3 Å². The third-order valence-electron chi connectivity index (χ3n) is 1.97. The average molecular weight is 213 g/mol. The molecule has 4 heteroatoms. The predicted molar refractivity (Wildman–Crippen MR) is 53.1 cm³/mol. The molecule has 1 rings (SSSR count). The molecule has 1 amide bonds. The second kappa shape index (κ2) is 5.44. The fourth-order valence-corrected chi connectivity index (χ4v) is 1.17. The van der Waals surface area contributed by atoms with Gasteiger partial charge in [-0.2, -0.15) is 0 Å². The minimum atomic E-state index is -0.633. The molecule has 2 nitrogen and oxygen atoms in total. The van der Waals surface area contributed by atoms with Crippen LogP contribution in [0.25, 0.3) is 0 Å². The Morgan fingerprint density at radius 1 is 1.40 bits per heavy atom. The minimum Gasteiger partial charge on any atom is -0.352 e. The summed E-state index contributed by atoms with van der Waals surface area (Å²) < 4.78 is 25.6. The topological polar surface area (TPSA) is 29.1 Å². The van der Waals surface area contributed by atoms with Crippen molar-refractivity contribution in [1.82, 2.24) is 5.32 Å². The Labute approximate surface area is 87.3 Å². The molecule has 0 radical (unpaired) electrons. The number of halogens is 2. The van der Waals surface area contributed by atoms with E-state index < -0.39 is 11.6 Å². The molecule has 0 spiro atoms. The first kappa shape index (κ1) is 11.6. The summed E-state index contributed by atoms with van der Waals surface area (Å²) in [7, 11) is 0. The van der Waals surface area contributed by atoms with Crippen molar-refractivity contribution in [1.29, 1.82) is 0 Å². The Hall–Kier alpha value is -1.45. The highest BCUT2D eigenvalue weighted by Gasteiger charge is 2.05. The van der Waals surface area contributed by atoms with Crippen molar-refractivity contribution in [2.75, 3.05) is 0 Å². The van der Waals surface area contributed by atoms with Crippen LogP contribution < -0.4 is 5.32 Å². The van der Waals surface area contributed by atoms with E-state index in [1.807, 2.05) is 6.92 Å². The number of amides is 1. The fourth-order valence-electron chi connectivity index (χ4n) is 1.17. The van der Waals surface area contributed by atoms with E-state index in [0.717, 1.165) is 12.5 Å². The molecule has 0 aliphatic heterocycles. The van der Waals surface area contributed by atoms with Crippen LogP contribution in [-0.2, 0) is 11.3 Å². The first-order valence-corrected chi connectivity index (χ1v) is 4.84. The van der Waals surface area contributed by atoms with E-state index in [1.54, 1.807) is 0 Å². The monoisotopic (exact) mass is 213 g/mol. The third kappa shape index (κ3) is 3.65. The molecule has 1 aromatic carbocycles. The SMILES string of the molecule is CCCC(=O)NCc1ccc(F)cc1F. The van der Waals surface area contributed by atoms with Crippen LogP contribution >= 0.6 is 0 Å². The van der Waals surface area contributed by atoms with Crippen molar-refractivity contribution >= 4 is 5.91 Å². The highest BCUT2D eigenvalue weighted by molar-refractivity contribution is 5.75. The summed E-state index contributed by atoms with van der Waals surface area (Å²) in [5.74, 6) is -1.37. The summed E-state index contributed by atoms with van der Waals surface area (Å²) in [5, 5.41) is 2.56. The number of carbonyl (C=O) groups excluding carboxylic acids is 1. The lowest BCUT2D eigenvalue weighted by Crippen LogP contribution is -2.22. The van der Waals surface area contributed by atoms with Gasteiger partial charge in [-0.3, -0.25) is 4.79 Å². The molecule has 0 bridgehead atoms. The van der Waals surface area contributed by atoms with Gasteiger partial charge in [0.05, 0.1) is 0 Å². The lowest BCUT2D eigenvalue weighted by molar-refractivity contribution is -0.121. The van der Waals surface area contributed by atoms with Crippen molar-refractivity contribution in [3.63, 3.8) is 0 Å². The Kier molecular flexibility index (Phi) is 4.21. The van der Waals surface area contributed by atoms with Crippen LogP contribution in [0.3, 0.4) is 0 Å². The van der Waals surface area contributed by atoms with Crippen molar-refractivity contribution in [3.05, 3.63) is 35.4 Å². The van der Waals surface area contributed by atoms with Crippen LogP contribution in [-0.4, -0.2) is 5.91 Å². The fraction of sp³-hybridized carbons (Fsp3) is 0.364. The summed E-state index contributed by atoms with van der Waals surface area (Å²) in [6.45, 7) is 1.99. The zero-order valence-corrected chi connectivity index (χ0v) is 8.52. The van der Waals surface area contributed by atoms with Gasteiger partial charge in [0.25, 0.3) is 0 Å². The number of nitrogens with one attached hydrogen (secondary N) is 1. The lowest BCUT2D eigenvalue weighted by Gasteiger charge is -2.05. The minimum absolute atomic E-state index is 0.102. The normalized spacial score (nSPS) is 10.1. The number of carbonyl (C=O) groups is 1. The molecular formula is C11H13F2NO. The van der Waals surface area contributed by atoms with E-state index in [0.29, 0.717) is 12.0 Å². The van der Waals surface area contributed by atoms with Gasteiger partial charge in [0.15, 0.2) is 0 Å². The molecule has 0 aliphatic carbocycles. The van der Waals surface area contributed by atoms with Crippen molar-refractivity contribution in [2.24, 2.45) is 0 Å². The summed E-state index contributed by atoms with van der Waals surface area (Å²) >= 11 is 0. The van der Waals surface area contributed by atoms with Crippen LogP contribution in [0.15, 0.2) is 18.2 Å². The first-order valence-electron chi connectivity index (χ1n) is 4.84. The standard InChI is InChI=1S/C11H13F2NO/c1-2-3-11(15)14-7-8-4-5-9(12)6-10(8)13/h4-6H,2-3,7H2,1H3,(H,14,15). The van der Waals surface area contributed by atoms with Crippen LogP contribution in [0.5, 0.6) is 0 Å². The summed E-state index contributed by atoms with van der Waals surface area (Å²) in [6, 6.07) is 3.31. The molecule has 0 saturated heterocycles. The first-order chi connectivity index (χ1) is 7.13. The maximum Gasteiger partial charge on any atom is 0.220 e. The molecule has 1 aromatic rings. The van der Waals surface area contributed by atoms with Gasteiger partial charge in [-0.25, -0.2) is 8.78 Å². The largest absolute Gasteiger partial charge is 0.352 e. The summed E-state index contributed by atoms with van der Waals surface area (Å²) in [5.41, 5.74) is 0.292. The van der Waals surface area contributed by atoms with Crippen LogP contribution in [0.4, 0.5) is 8.78 Å². The van der Waals surface area contributed by atoms with E-state index in [-0.39, 0.29) is 12.5 Å². The predicted octanol–water partition coefficient (Wildman–Crippen LogP) is 2.38. The Bertz CT molecular complexity index is 352. The zero-order chi connectivity index (χ0) is 11.3. The summed E-state index contributed by atoms with van der Waals surface area (Å²) in [4.78, 5) is 11.1. The van der Waals surface area contributed by atoms with Gasteiger partial charge in [-0.1, -0.05) is 13.0 Å². The average Bonchev–Trinajstić information content (AvgIpc) is 2.17. The maximum atomic E-state index is 13.1. The summed E-state index contributed by atoms with van der Waals surface area (Å²) in [6.07, 6.45) is 1.17. The number of hydrogen-bond acceptors (Lipinski definition) is 1. The molecule has 1 N–H and O–H groups in total. The van der Waals surface area contributed by atoms with Gasteiger partial charge in [-0.15, -0.1) is 0 Å². The van der Waals surface area contributed by atoms with Crippen LogP contribution in [0, 0.1) is 11.6 Å². The second-order valence-electron chi connectivity index (χ2n) is 3.26. The van der Waals surface area contributed by atoms with E-state index >= 15 is 0 Å². The Morgan fingerprint density at radius 3 is 2.73 bits per heavy atom. The van der Waals surface area contributed by atoms with Gasteiger partial charge < -0.3 is 5.32 Å². The molecule has 0 unspecified atom stereocenters. The van der Waals surface area contributed by atoms with E-state index in [2.05, 4.69) is 5.32 Å². The second-order valence-corrected chi connectivity index (χ2v) is 3.26. The van der Waals surface area contributed by atoms with E-state index in [4.69, 9.17) is 0 Å². The zero-order valence-electron chi connectivity index (χ0n) is 8.52. The van der Waals surface area contributed by atoms with E-state index in [9.17, 15) is 13.6 Å². The van der Waals surface area contributed by atoms with Gasteiger partial charge in [0, 0.05) is 24.6 Å². The van der Waals surface area contributed by atoms with E-state index in [1.165, 1.54) is 12.1 Å². The van der Waals surface area contributed by atoms with Gasteiger partial charge in [-0.05, 0) is 12.5 Å². The quantitative estimate of drug-likeness (QED) is 0.817. The molecule has 0 aromatic heterocycles. The Morgan fingerprint density at radius 2 is 2.13 bits per heavy atom. The molecule has 0 atom stereocenters. The number of rotatable bonds is 4. The maximum absolute atomic E-state index is 13.1. The van der Waals surface area contributed by atoms with Crippen LogP contribution in [0.1, 0.15) is 25.3 Å². The smallest absolute Gasteiger partial charge is 0.220 e. The molecule has 0 heterocycles. The molecule has 0 aliphatic rings. The molecule has 82 valence electrons. The molecule has 0 saturated carbocycles. The Balaban J connectivity index is 2.54. The lowest BCUT2D eigenvalue weighted by atomic mass is 10.2. The third-order valence-corrected chi connectivity index (χ3v) is 1.97.